The lowest BCUT2D eigenvalue weighted by Crippen LogP contribution is -2.43. The topological polar surface area (TPSA) is 62.0 Å². The monoisotopic (exact) mass is 321 g/mol. The molecule has 3 fully saturated rings. The Hall–Kier alpha value is -0.950. The van der Waals surface area contributed by atoms with E-state index in [1.54, 1.807) is 0 Å². The second-order valence-electron chi connectivity index (χ2n) is 7.22. The SMILES string of the molecule is O[C@@H]1CN(Cc2cc(C3CC3)on2)CCN(C2CCOCC2)C1. The summed E-state index contributed by atoms with van der Waals surface area (Å²) < 4.78 is 10.9. The summed E-state index contributed by atoms with van der Waals surface area (Å²) in [6.07, 6.45) is 4.34. The summed E-state index contributed by atoms with van der Waals surface area (Å²) in [7, 11) is 0. The summed E-state index contributed by atoms with van der Waals surface area (Å²) >= 11 is 0. The van der Waals surface area contributed by atoms with E-state index in [2.05, 4.69) is 21.0 Å². The number of nitrogens with zero attached hydrogens (tertiary/aromatic N) is 3. The smallest absolute Gasteiger partial charge is 0.140 e. The quantitative estimate of drug-likeness (QED) is 0.899. The van der Waals surface area contributed by atoms with Crippen molar-refractivity contribution in [1.82, 2.24) is 15.0 Å². The molecular weight excluding hydrogens is 294 g/mol. The molecule has 0 spiro atoms. The Morgan fingerprint density at radius 1 is 1.13 bits per heavy atom. The van der Waals surface area contributed by atoms with Crippen molar-refractivity contribution in [1.29, 1.82) is 0 Å². The van der Waals surface area contributed by atoms with Crippen LogP contribution in [0.2, 0.25) is 0 Å². The number of aliphatic hydroxyl groups excluding tert-OH is 1. The molecule has 2 aliphatic heterocycles. The van der Waals surface area contributed by atoms with Gasteiger partial charge in [-0.3, -0.25) is 9.80 Å². The second kappa shape index (κ2) is 6.89. The number of aromatic nitrogens is 1. The van der Waals surface area contributed by atoms with E-state index in [1.807, 2.05) is 0 Å². The first-order chi connectivity index (χ1) is 11.3. The van der Waals surface area contributed by atoms with Gasteiger partial charge in [-0.15, -0.1) is 0 Å². The Balaban J connectivity index is 1.34. The Labute approximate surface area is 137 Å². The van der Waals surface area contributed by atoms with E-state index < -0.39 is 0 Å². The number of hydrogen-bond acceptors (Lipinski definition) is 6. The maximum Gasteiger partial charge on any atom is 0.140 e. The Bertz CT molecular complexity index is 511. The lowest BCUT2D eigenvalue weighted by Gasteiger charge is -2.33. The first kappa shape index (κ1) is 15.6. The van der Waals surface area contributed by atoms with Gasteiger partial charge in [0.15, 0.2) is 0 Å². The largest absolute Gasteiger partial charge is 0.390 e. The Morgan fingerprint density at radius 3 is 2.74 bits per heavy atom. The summed E-state index contributed by atoms with van der Waals surface area (Å²) in [6.45, 7) is 5.94. The van der Waals surface area contributed by atoms with Crippen molar-refractivity contribution in [3.05, 3.63) is 17.5 Å². The van der Waals surface area contributed by atoms with Crippen LogP contribution in [0.15, 0.2) is 10.6 Å². The van der Waals surface area contributed by atoms with Crippen molar-refractivity contribution >= 4 is 0 Å². The van der Waals surface area contributed by atoms with Gasteiger partial charge in [0.25, 0.3) is 0 Å². The van der Waals surface area contributed by atoms with Crippen LogP contribution in [0.3, 0.4) is 0 Å². The highest BCUT2D eigenvalue weighted by Crippen LogP contribution is 2.40. The van der Waals surface area contributed by atoms with E-state index >= 15 is 0 Å². The molecule has 0 bridgehead atoms. The van der Waals surface area contributed by atoms with Gasteiger partial charge in [-0.2, -0.15) is 0 Å². The average Bonchev–Trinajstić information content (AvgIpc) is 3.34. The predicted molar refractivity (Wildman–Crippen MR) is 85.2 cm³/mol. The molecule has 1 aromatic heterocycles. The molecule has 1 N–H and O–H groups in total. The molecule has 2 saturated heterocycles. The van der Waals surface area contributed by atoms with Crippen molar-refractivity contribution < 1.29 is 14.4 Å². The summed E-state index contributed by atoms with van der Waals surface area (Å²) in [5.41, 5.74) is 0.999. The van der Waals surface area contributed by atoms with Crippen LogP contribution in [0.1, 0.15) is 43.1 Å². The van der Waals surface area contributed by atoms with Gasteiger partial charge in [-0.1, -0.05) is 5.16 Å². The van der Waals surface area contributed by atoms with Gasteiger partial charge >= 0.3 is 0 Å². The van der Waals surface area contributed by atoms with E-state index in [-0.39, 0.29) is 6.10 Å². The lowest BCUT2D eigenvalue weighted by molar-refractivity contribution is 0.0217. The molecule has 128 valence electrons. The molecule has 3 heterocycles. The number of aliphatic hydroxyl groups is 1. The molecule has 0 unspecified atom stereocenters. The van der Waals surface area contributed by atoms with Crippen LogP contribution in [-0.2, 0) is 11.3 Å². The van der Waals surface area contributed by atoms with E-state index in [9.17, 15) is 5.11 Å². The Kier molecular flexibility index (Phi) is 4.66. The van der Waals surface area contributed by atoms with Crippen molar-refractivity contribution in [2.45, 2.75) is 50.3 Å². The second-order valence-corrected chi connectivity index (χ2v) is 7.22. The highest BCUT2D eigenvalue weighted by Gasteiger charge is 2.30. The summed E-state index contributed by atoms with van der Waals surface area (Å²) in [5.74, 6) is 1.65. The molecule has 1 atom stereocenters. The number of β-amino-alcohol motifs (C(OH)–C–C–N with tert-alkyl or cyclic N) is 1. The van der Waals surface area contributed by atoms with Crippen LogP contribution in [0.4, 0.5) is 0 Å². The zero-order valence-electron chi connectivity index (χ0n) is 13.7. The molecule has 6 heteroatoms. The molecule has 3 aliphatic rings. The highest BCUT2D eigenvalue weighted by molar-refractivity contribution is 5.14. The van der Waals surface area contributed by atoms with Crippen molar-refractivity contribution in [3.63, 3.8) is 0 Å². The van der Waals surface area contributed by atoms with E-state index in [4.69, 9.17) is 9.26 Å². The maximum absolute atomic E-state index is 10.4. The van der Waals surface area contributed by atoms with Gasteiger partial charge in [0.05, 0.1) is 11.8 Å². The molecule has 6 nitrogen and oxygen atoms in total. The minimum atomic E-state index is -0.296. The first-order valence-corrected chi connectivity index (χ1v) is 8.95. The third-order valence-corrected chi connectivity index (χ3v) is 5.27. The van der Waals surface area contributed by atoms with Crippen molar-refractivity contribution in [3.8, 4) is 0 Å². The van der Waals surface area contributed by atoms with Gasteiger partial charge in [0, 0.05) is 64.0 Å². The van der Waals surface area contributed by atoms with Crippen LogP contribution in [0.5, 0.6) is 0 Å². The molecule has 0 radical (unpaired) electrons. The van der Waals surface area contributed by atoms with Crippen LogP contribution in [-0.4, -0.2) is 71.6 Å². The van der Waals surface area contributed by atoms with Gasteiger partial charge in [0.2, 0.25) is 0 Å². The zero-order chi connectivity index (χ0) is 15.6. The third kappa shape index (κ3) is 3.94. The third-order valence-electron chi connectivity index (χ3n) is 5.27. The molecular formula is C17H27N3O3. The molecule has 1 aromatic rings. The first-order valence-electron chi connectivity index (χ1n) is 8.95. The lowest BCUT2D eigenvalue weighted by atomic mass is 10.1. The zero-order valence-corrected chi connectivity index (χ0v) is 13.7. The van der Waals surface area contributed by atoms with Gasteiger partial charge < -0.3 is 14.4 Å². The fourth-order valence-corrected chi connectivity index (χ4v) is 3.80. The normalized spacial score (nSPS) is 28.8. The van der Waals surface area contributed by atoms with Gasteiger partial charge in [-0.25, -0.2) is 0 Å². The van der Waals surface area contributed by atoms with Gasteiger partial charge in [0.1, 0.15) is 5.76 Å². The molecule has 1 saturated carbocycles. The van der Waals surface area contributed by atoms with E-state index in [1.165, 1.54) is 12.8 Å². The molecule has 0 amide bonds. The van der Waals surface area contributed by atoms with Gasteiger partial charge in [-0.05, 0) is 25.7 Å². The summed E-state index contributed by atoms with van der Waals surface area (Å²) in [4.78, 5) is 4.75. The van der Waals surface area contributed by atoms with Crippen LogP contribution < -0.4 is 0 Å². The minimum Gasteiger partial charge on any atom is -0.390 e. The van der Waals surface area contributed by atoms with Crippen molar-refractivity contribution in [2.75, 3.05) is 39.4 Å². The number of rotatable bonds is 4. The predicted octanol–water partition coefficient (Wildman–Crippen LogP) is 1.21. The maximum atomic E-state index is 10.4. The van der Waals surface area contributed by atoms with E-state index in [0.29, 0.717) is 18.5 Å². The highest BCUT2D eigenvalue weighted by atomic mass is 16.5. The number of hydrogen-bond donors (Lipinski definition) is 1. The summed E-state index contributed by atoms with van der Waals surface area (Å²) in [5, 5.41) is 14.6. The van der Waals surface area contributed by atoms with Crippen molar-refractivity contribution in [2.24, 2.45) is 0 Å². The summed E-state index contributed by atoms with van der Waals surface area (Å²) in [6, 6.07) is 2.66. The molecule has 0 aromatic carbocycles. The minimum absolute atomic E-state index is 0.296. The molecule has 4 rings (SSSR count). The average molecular weight is 321 g/mol. The van der Waals surface area contributed by atoms with E-state index in [0.717, 1.165) is 63.7 Å². The standard InChI is InChI=1S/C17H27N3O3/c21-16-11-19(10-14-9-17(23-18-14)13-1-2-13)5-6-20(12-16)15-3-7-22-8-4-15/h9,13,15-16,21H,1-8,10-12H2/t16-/m1/s1. The van der Waals surface area contributed by atoms with Crippen LogP contribution in [0, 0.1) is 0 Å². The van der Waals surface area contributed by atoms with Crippen LogP contribution in [0.25, 0.3) is 0 Å². The molecule has 1 aliphatic carbocycles. The fourth-order valence-electron chi connectivity index (χ4n) is 3.80. The fraction of sp³-hybridized carbons (Fsp3) is 0.824. The van der Waals surface area contributed by atoms with Crippen LogP contribution >= 0.6 is 0 Å². The number of ether oxygens (including phenoxy) is 1. The molecule has 23 heavy (non-hydrogen) atoms. The Morgan fingerprint density at radius 2 is 1.96 bits per heavy atom.